The van der Waals surface area contributed by atoms with Crippen molar-refractivity contribution in [2.24, 2.45) is 0 Å². The molecule has 2 aromatic rings. The number of carbonyl (C=O) groups is 1. The van der Waals surface area contributed by atoms with Crippen LogP contribution in [0.25, 0.3) is 0 Å². The van der Waals surface area contributed by atoms with E-state index in [2.05, 4.69) is 39.8 Å². The van der Waals surface area contributed by atoms with Crippen LogP contribution in [0.1, 0.15) is 56.7 Å². The smallest absolute Gasteiger partial charge is 0.361 e. The van der Waals surface area contributed by atoms with Gasteiger partial charge in [-0.05, 0) is 45.7 Å². The summed E-state index contributed by atoms with van der Waals surface area (Å²) in [7, 11) is 1.45. The molecule has 0 saturated carbocycles. The maximum absolute atomic E-state index is 12.7. The molecule has 0 aliphatic heterocycles. The molecule has 0 aliphatic rings. The molecule has 0 amide bonds. The molecule has 0 heterocycles. The summed E-state index contributed by atoms with van der Waals surface area (Å²) >= 11 is 0. The zero-order valence-corrected chi connectivity index (χ0v) is 18.6. The summed E-state index contributed by atoms with van der Waals surface area (Å²) < 4.78 is 5.65. The third-order valence-electron chi connectivity index (χ3n) is 6.28. The number of benzene rings is 2. The number of nitrogens with zero attached hydrogens (tertiary/aromatic N) is 1. The van der Waals surface area contributed by atoms with E-state index in [-0.39, 0.29) is 29.7 Å². The average molecular weight is 398 g/mol. The van der Waals surface area contributed by atoms with Crippen molar-refractivity contribution in [1.29, 1.82) is 0 Å². The number of carbonyl (C=O) groups excluding carboxylic acids is 1. The monoisotopic (exact) mass is 397 g/mol. The first-order valence-corrected chi connectivity index (χ1v) is 10.5. The lowest BCUT2D eigenvalue weighted by Crippen LogP contribution is -2.60. The van der Waals surface area contributed by atoms with Crippen molar-refractivity contribution >= 4 is 5.97 Å². The molecule has 0 saturated heterocycles. The molecule has 0 bridgehead atoms. The van der Waals surface area contributed by atoms with E-state index in [1.807, 2.05) is 37.3 Å². The number of hydrogen-bond acceptors (Lipinski definition) is 3. The van der Waals surface area contributed by atoms with Crippen LogP contribution in [0.4, 0.5) is 0 Å². The Kier molecular flexibility index (Phi) is 7.86. The molecular formula is C25H35NO3. The fourth-order valence-electron chi connectivity index (χ4n) is 4.36. The fraction of sp³-hybridized carbons (Fsp3) is 0.480. The van der Waals surface area contributed by atoms with Gasteiger partial charge in [-0.3, -0.25) is 0 Å². The molecular weight excluding hydrogens is 362 g/mol. The largest absolute Gasteiger partial charge is 0.872 e. The van der Waals surface area contributed by atoms with Gasteiger partial charge in [0, 0.05) is 12.3 Å². The second-order valence-electron chi connectivity index (χ2n) is 8.54. The van der Waals surface area contributed by atoms with Gasteiger partial charge in [-0.1, -0.05) is 54.1 Å². The minimum Gasteiger partial charge on any atom is -0.872 e. The van der Waals surface area contributed by atoms with Gasteiger partial charge in [0.25, 0.3) is 0 Å². The van der Waals surface area contributed by atoms with Crippen LogP contribution in [0.2, 0.25) is 0 Å². The Morgan fingerprint density at radius 1 is 1.03 bits per heavy atom. The Labute approximate surface area is 175 Å². The van der Waals surface area contributed by atoms with Gasteiger partial charge in [0.15, 0.2) is 6.54 Å². The van der Waals surface area contributed by atoms with Crippen molar-refractivity contribution in [3.63, 3.8) is 0 Å². The number of esters is 1. The van der Waals surface area contributed by atoms with Gasteiger partial charge in [-0.2, -0.15) is 0 Å². The summed E-state index contributed by atoms with van der Waals surface area (Å²) in [5, 5.41) is 12.7. The van der Waals surface area contributed by atoms with Gasteiger partial charge in [0.05, 0.1) is 25.7 Å². The number of ether oxygens (including phenoxy) is 1. The number of hydrogen-bond donors (Lipinski definition) is 0. The predicted octanol–water partition coefficient (Wildman–Crippen LogP) is 4.40. The van der Waals surface area contributed by atoms with Crippen molar-refractivity contribution in [1.82, 2.24) is 0 Å². The summed E-state index contributed by atoms with van der Waals surface area (Å²) in [6.45, 7) is 11.8. The highest BCUT2D eigenvalue weighted by Crippen LogP contribution is 2.35. The van der Waals surface area contributed by atoms with E-state index in [0.29, 0.717) is 11.0 Å². The van der Waals surface area contributed by atoms with Crippen LogP contribution in [-0.4, -0.2) is 42.7 Å². The molecule has 4 nitrogen and oxygen atoms in total. The van der Waals surface area contributed by atoms with Gasteiger partial charge in [-0.25, -0.2) is 4.79 Å². The Bertz CT molecular complexity index is 791. The van der Waals surface area contributed by atoms with E-state index in [0.717, 1.165) is 29.7 Å². The summed E-state index contributed by atoms with van der Waals surface area (Å²) in [6.07, 6.45) is 0.788. The van der Waals surface area contributed by atoms with E-state index < -0.39 is 0 Å². The zero-order valence-electron chi connectivity index (χ0n) is 18.6. The maximum atomic E-state index is 12.7. The normalized spacial score (nSPS) is 13.0. The van der Waals surface area contributed by atoms with Crippen LogP contribution in [0, 0.1) is 6.92 Å². The van der Waals surface area contributed by atoms with Crippen LogP contribution >= 0.6 is 0 Å². The lowest BCUT2D eigenvalue weighted by molar-refractivity contribution is -0.960. The van der Waals surface area contributed by atoms with Crippen molar-refractivity contribution < 1.29 is 19.1 Å². The third kappa shape index (κ3) is 5.39. The first-order valence-electron chi connectivity index (χ1n) is 10.5. The summed E-state index contributed by atoms with van der Waals surface area (Å²) in [5.41, 5.74) is 3.06. The van der Waals surface area contributed by atoms with Crippen LogP contribution < -0.4 is 5.11 Å². The lowest BCUT2D eigenvalue weighted by Gasteiger charge is -2.46. The molecule has 0 spiro atoms. The van der Waals surface area contributed by atoms with E-state index in [1.165, 1.54) is 7.11 Å². The molecule has 29 heavy (non-hydrogen) atoms. The van der Waals surface area contributed by atoms with E-state index in [4.69, 9.17) is 4.74 Å². The predicted molar refractivity (Wildman–Crippen MR) is 116 cm³/mol. The molecule has 1 atom stereocenters. The second-order valence-corrected chi connectivity index (χ2v) is 8.54. The van der Waals surface area contributed by atoms with Gasteiger partial charge in [0.1, 0.15) is 0 Å². The minimum atomic E-state index is -0.191. The van der Waals surface area contributed by atoms with Gasteiger partial charge in [-0.15, -0.1) is 5.75 Å². The lowest BCUT2D eigenvalue weighted by atomic mass is 9.86. The van der Waals surface area contributed by atoms with E-state index >= 15 is 0 Å². The number of aryl methyl sites for hydroxylation is 1. The Balaban J connectivity index is 2.44. The van der Waals surface area contributed by atoms with Crippen LogP contribution in [0.5, 0.6) is 5.75 Å². The average Bonchev–Trinajstić information content (AvgIpc) is 2.69. The summed E-state index contributed by atoms with van der Waals surface area (Å²) in [5.74, 6) is -0.121. The first kappa shape index (κ1) is 23.0. The topological polar surface area (TPSA) is 49.4 Å². The summed E-state index contributed by atoms with van der Waals surface area (Å²) in [6, 6.07) is 16.3. The quantitative estimate of drug-likeness (QED) is 0.465. The maximum Gasteiger partial charge on any atom is 0.361 e. The number of rotatable bonds is 9. The number of quaternary nitrogens is 1. The SMILES string of the molecule is COC(=O)C[N+](CCC(c1ccccc1)c1cc(C)ccc1[O-])(C(C)C)C(C)C. The second kappa shape index (κ2) is 9.93. The van der Waals surface area contributed by atoms with Crippen LogP contribution in [0.3, 0.4) is 0 Å². The van der Waals surface area contributed by atoms with E-state index in [9.17, 15) is 9.90 Å². The molecule has 2 aromatic carbocycles. The molecule has 0 N–H and O–H groups in total. The first-order chi connectivity index (χ1) is 13.7. The van der Waals surface area contributed by atoms with Gasteiger partial charge < -0.3 is 14.3 Å². The summed E-state index contributed by atoms with van der Waals surface area (Å²) in [4.78, 5) is 12.2. The molecule has 0 radical (unpaired) electrons. The van der Waals surface area contributed by atoms with Crippen molar-refractivity contribution in [3.8, 4) is 5.75 Å². The molecule has 0 aromatic heterocycles. The Hall–Kier alpha value is -2.33. The standard InChI is InChI=1S/C25H35NO3/c1-18(2)26(19(3)4,17-25(28)29-6)15-14-22(21-10-8-7-9-11-21)23-16-20(5)12-13-24(23)27/h7-13,16,18-19,22H,14-15,17H2,1-6H3. The molecule has 158 valence electrons. The van der Waals surface area contributed by atoms with Crippen molar-refractivity contribution in [2.75, 3.05) is 20.2 Å². The number of methoxy groups -OCH3 is 1. The highest BCUT2D eigenvalue weighted by molar-refractivity contribution is 5.70. The molecule has 4 heteroatoms. The van der Waals surface area contributed by atoms with Crippen LogP contribution in [0.15, 0.2) is 48.5 Å². The Morgan fingerprint density at radius 3 is 2.21 bits per heavy atom. The molecule has 0 aliphatic carbocycles. The van der Waals surface area contributed by atoms with Crippen LogP contribution in [-0.2, 0) is 9.53 Å². The molecule has 2 rings (SSSR count). The van der Waals surface area contributed by atoms with Crippen molar-refractivity contribution in [2.45, 2.75) is 59.0 Å². The van der Waals surface area contributed by atoms with Gasteiger partial charge in [0.2, 0.25) is 0 Å². The van der Waals surface area contributed by atoms with Crippen molar-refractivity contribution in [3.05, 3.63) is 65.2 Å². The fourth-order valence-corrected chi connectivity index (χ4v) is 4.36. The molecule has 1 unspecified atom stereocenters. The highest BCUT2D eigenvalue weighted by atomic mass is 16.5. The van der Waals surface area contributed by atoms with E-state index in [1.54, 1.807) is 6.07 Å². The highest BCUT2D eigenvalue weighted by Gasteiger charge is 2.38. The molecule has 0 fully saturated rings. The Morgan fingerprint density at radius 2 is 1.66 bits per heavy atom. The van der Waals surface area contributed by atoms with Gasteiger partial charge >= 0.3 is 5.97 Å². The minimum absolute atomic E-state index is 0.00348. The third-order valence-corrected chi connectivity index (χ3v) is 6.28. The zero-order chi connectivity index (χ0) is 21.6.